The van der Waals surface area contributed by atoms with E-state index in [1.165, 1.54) is 6.42 Å². The van der Waals surface area contributed by atoms with Gasteiger partial charge in [-0.2, -0.15) is 0 Å². The molecule has 0 saturated heterocycles. The van der Waals surface area contributed by atoms with Crippen LogP contribution < -0.4 is 0 Å². The Kier molecular flexibility index (Phi) is 3.30. The Balaban J connectivity index is 2.23. The van der Waals surface area contributed by atoms with Gasteiger partial charge in [0.15, 0.2) is 0 Å². The highest BCUT2D eigenvalue weighted by atomic mass is 19.1. The standard InChI is InChI=1S/C11H19F/c1-4-5-6-10-7-11(8(10)2)9(3)12/h4,8-11H,1,5-7H2,2-3H3. The lowest BCUT2D eigenvalue weighted by Crippen LogP contribution is -2.39. The first-order chi connectivity index (χ1) is 5.66. The van der Waals surface area contributed by atoms with Crippen molar-refractivity contribution < 1.29 is 4.39 Å². The van der Waals surface area contributed by atoms with Crippen LogP contribution in [-0.4, -0.2) is 6.17 Å². The lowest BCUT2D eigenvalue weighted by Gasteiger charge is -2.44. The first-order valence-electron chi connectivity index (χ1n) is 4.91. The second kappa shape index (κ2) is 4.06. The first-order valence-corrected chi connectivity index (χ1v) is 4.91. The molecule has 1 fully saturated rings. The van der Waals surface area contributed by atoms with Crippen LogP contribution in [0.15, 0.2) is 12.7 Å². The predicted molar refractivity (Wildman–Crippen MR) is 50.8 cm³/mol. The van der Waals surface area contributed by atoms with Crippen molar-refractivity contribution in [2.75, 3.05) is 0 Å². The number of hydrogen-bond acceptors (Lipinski definition) is 0. The third-order valence-corrected chi connectivity index (χ3v) is 3.33. The van der Waals surface area contributed by atoms with E-state index in [4.69, 9.17) is 0 Å². The summed E-state index contributed by atoms with van der Waals surface area (Å²) in [6.07, 6.45) is 4.72. The second-order valence-electron chi connectivity index (χ2n) is 4.06. The largest absolute Gasteiger partial charge is 0.247 e. The normalized spacial score (nSPS) is 37.1. The van der Waals surface area contributed by atoms with E-state index >= 15 is 0 Å². The van der Waals surface area contributed by atoms with Crippen LogP contribution in [0, 0.1) is 17.8 Å². The van der Waals surface area contributed by atoms with Gasteiger partial charge in [0.25, 0.3) is 0 Å². The van der Waals surface area contributed by atoms with Gasteiger partial charge in [-0.05, 0) is 43.9 Å². The lowest BCUT2D eigenvalue weighted by atomic mass is 9.62. The summed E-state index contributed by atoms with van der Waals surface area (Å²) in [5.41, 5.74) is 0. The monoisotopic (exact) mass is 170 g/mol. The molecule has 0 aromatic rings. The molecule has 1 saturated carbocycles. The summed E-state index contributed by atoms with van der Waals surface area (Å²) in [6.45, 7) is 7.56. The summed E-state index contributed by atoms with van der Waals surface area (Å²) >= 11 is 0. The van der Waals surface area contributed by atoms with Crippen LogP contribution in [0.25, 0.3) is 0 Å². The fourth-order valence-corrected chi connectivity index (χ4v) is 2.25. The van der Waals surface area contributed by atoms with E-state index in [-0.39, 0.29) is 0 Å². The van der Waals surface area contributed by atoms with Gasteiger partial charge in [-0.1, -0.05) is 13.0 Å². The first kappa shape index (κ1) is 9.76. The Morgan fingerprint density at radius 1 is 1.67 bits per heavy atom. The maximum atomic E-state index is 12.9. The zero-order valence-corrected chi connectivity index (χ0v) is 8.09. The van der Waals surface area contributed by atoms with Gasteiger partial charge in [-0.3, -0.25) is 0 Å². The smallest absolute Gasteiger partial charge is 0.100 e. The molecule has 0 N–H and O–H groups in total. The van der Waals surface area contributed by atoms with Gasteiger partial charge in [0.1, 0.15) is 6.17 Å². The number of hydrogen-bond donors (Lipinski definition) is 0. The number of alkyl halides is 1. The maximum absolute atomic E-state index is 12.9. The van der Waals surface area contributed by atoms with Crippen LogP contribution in [0.2, 0.25) is 0 Å². The van der Waals surface area contributed by atoms with Gasteiger partial charge >= 0.3 is 0 Å². The molecule has 0 bridgehead atoms. The van der Waals surface area contributed by atoms with Crippen molar-refractivity contribution in [3.8, 4) is 0 Å². The molecule has 1 aliphatic rings. The molecule has 70 valence electrons. The van der Waals surface area contributed by atoms with E-state index in [2.05, 4.69) is 13.5 Å². The molecule has 0 aliphatic heterocycles. The van der Waals surface area contributed by atoms with Crippen LogP contribution in [0.4, 0.5) is 4.39 Å². The Labute approximate surface area is 74.9 Å². The SMILES string of the molecule is C=CCCC1CC(C(C)F)C1C. The van der Waals surface area contributed by atoms with E-state index in [9.17, 15) is 4.39 Å². The maximum Gasteiger partial charge on any atom is 0.100 e. The molecule has 4 atom stereocenters. The molecule has 1 heteroatoms. The Morgan fingerprint density at radius 2 is 2.33 bits per heavy atom. The molecular weight excluding hydrogens is 151 g/mol. The molecule has 0 heterocycles. The Hall–Kier alpha value is -0.330. The van der Waals surface area contributed by atoms with Crippen molar-refractivity contribution >= 4 is 0 Å². The van der Waals surface area contributed by atoms with Crippen molar-refractivity contribution in [3.05, 3.63) is 12.7 Å². The zero-order valence-electron chi connectivity index (χ0n) is 8.09. The van der Waals surface area contributed by atoms with Crippen molar-refractivity contribution in [2.24, 2.45) is 17.8 Å². The molecule has 0 nitrogen and oxygen atoms in total. The lowest BCUT2D eigenvalue weighted by molar-refractivity contribution is 0.0209. The third-order valence-electron chi connectivity index (χ3n) is 3.33. The van der Waals surface area contributed by atoms with E-state index in [1.54, 1.807) is 6.92 Å². The highest BCUT2D eigenvalue weighted by Crippen LogP contribution is 2.45. The molecule has 0 radical (unpaired) electrons. The summed E-state index contributed by atoms with van der Waals surface area (Å²) in [5.74, 6) is 1.68. The fraction of sp³-hybridized carbons (Fsp3) is 0.818. The Morgan fingerprint density at radius 3 is 2.75 bits per heavy atom. The fourth-order valence-electron chi connectivity index (χ4n) is 2.25. The molecule has 0 aromatic heterocycles. The van der Waals surface area contributed by atoms with Gasteiger partial charge in [0.2, 0.25) is 0 Å². The zero-order chi connectivity index (χ0) is 9.14. The minimum atomic E-state index is -0.611. The van der Waals surface area contributed by atoms with Gasteiger partial charge < -0.3 is 0 Å². The van der Waals surface area contributed by atoms with Crippen LogP contribution >= 0.6 is 0 Å². The molecular formula is C11H19F. The highest BCUT2D eigenvalue weighted by Gasteiger charge is 2.39. The molecule has 1 aliphatic carbocycles. The molecule has 12 heavy (non-hydrogen) atoms. The number of halogens is 1. The van der Waals surface area contributed by atoms with Crippen molar-refractivity contribution in [2.45, 2.75) is 39.3 Å². The van der Waals surface area contributed by atoms with E-state index in [0.29, 0.717) is 11.8 Å². The molecule has 0 amide bonds. The summed E-state index contributed by atoms with van der Waals surface area (Å²) in [4.78, 5) is 0. The van der Waals surface area contributed by atoms with E-state index in [1.807, 2.05) is 6.08 Å². The molecule has 1 rings (SSSR count). The predicted octanol–water partition coefficient (Wildman–Crippen LogP) is 3.58. The third kappa shape index (κ3) is 1.88. The van der Waals surface area contributed by atoms with Crippen LogP contribution in [-0.2, 0) is 0 Å². The van der Waals surface area contributed by atoms with Crippen LogP contribution in [0.1, 0.15) is 33.1 Å². The van der Waals surface area contributed by atoms with Crippen molar-refractivity contribution in [3.63, 3.8) is 0 Å². The second-order valence-corrected chi connectivity index (χ2v) is 4.06. The number of allylic oxidation sites excluding steroid dienone is 1. The number of rotatable bonds is 4. The minimum Gasteiger partial charge on any atom is -0.247 e. The van der Waals surface area contributed by atoms with Crippen molar-refractivity contribution in [1.82, 2.24) is 0 Å². The molecule has 0 aromatic carbocycles. The summed E-state index contributed by atoms with van der Waals surface area (Å²) in [7, 11) is 0. The minimum absolute atomic E-state index is 0.333. The van der Waals surface area contributed by atoms with Gasteiger partial charge in [0, 0.05) is 0 Å². The van der Waals surface area contributed by atoms with Crippen molar-refractivity contribution in [1.29, 1.82) is 0 Å². The average molecular weight is 170 g/mol. The quantitative estimate of drug-likeness (QED) is 0.566. The van der Waals surface area contributed by atoms with Crippen LogP contribution in [0.3, 0.4) is 0 Å². The van der Waals surface area contributed by atoms with Gasteiger partial charge in [-0.25, -0.2) is 4.39 Å². The molecule has 0 spiro atoms. The van der Waals surface area contributed by atoms with E-state index in [0.717, 1.165) is 18.8 Å². The average Bonchev–Trinajstić information content (AvgIpc) is 2.01. The van der Waals surface area contributed by atoms with Crippen LogP contribution in [0.5, 0.6) is 0 Å². The molecule has 4 unspecified atom stereocenters. The van der Waals surface area contributed by atoms with Gasteiger partial charge in [0.05, 0.1) is 0 Å². The Bertz CT molecular complexity index is 151. The summed E-state index contributed by atoms with van der Waals surface area (Å²) in [6, 6.07) is 0. The summed E-state index contributed by atoms with van der Waals surface area (Å²) < 4.78 is 12.9. The van der Waals surface area contributed by atoms with Gasteiger partial charge in [-0.15, -0.1) is 6.58 Å². The topological polar surface area (TPSA) is 0 Å². The summed E-state index contributed by atoms with van der Waals surface area (Å²) in [5, 5.41) is 0. The highest BCUT2D eigenvalue weighted by molar-refractivity contribution is 4.90. The van der Waals surface area contributed by atoms with E-state index < -0.39 is 6.17 Å².